The fourth-order valence-corrected chi connectivity index (χ4v) is 3.23. The van der Waals surface area contributed by atoms with Crippen molar-refractivity contribution in [1.82, 2.24) is 0 Å². The Kier molecular flexibility index (Phi) is 5.45. The minimum Gasteiger partial charge on any atom is -0.0876 e. The lowest BCUT2D eigenvalue weighted by atomic mass is 9.98. The van der Waals surface area contributed by atoms with Gasteiger partial charge in [0, 0.05) is 10.7 Å². The van der Waals surface area contributed by atoms with Gasteiger partial charge < -0.3 is 0 Å². The van der Waals surface area contributed by atoms with Gasteiger partial charge in [0.1, 0.15) is 0 Å². The zero-order chi connectivity index (χ0) is 12.8. The Morgan fingerprint density at radius 2 is 0.889 bits per heavy atom. The zero-order valence-electron chi connectivity index (χ0n) is 10.2. The van der Waals surface area contributed by atoms with Crippen molar-refractivity contribution in [1.29, 1.82) is 0 Å². The predicted octanol–water partition coefficient (Wildman–Crippen LogP) is 5.26. The van der Waals surface area contributed by atoms with E-state index in [1.54, 1.807) is 0 Å². The van der Waals surface area contributed by atoms with Gasteiger partial charge in [-0.3, -0.25) is 0 Å². The number of halogens is 2. The Bertz CT molecular complexity index is 458. The molecule has 2 rings (SSSR count). The van der Waals surface area contributed by atoms with Crippen LogP contribution >= 0.6 is 31.9 Å². The second-order valence-corrected chi connectivity index (χ2v) is 5.43. The van der Waals surface area contributed by atoms with Gasteiger partial charge in [-0.1, -0.05) is 80.4 Å². The molecule has 0 amide bonds. The monoisotopic (exact) mass is 366 g/mol. The van der Waals surface area contributed by atoms with Gasteiger partial charge in [-0.15, -0.1) is 0 Å². The molecule has 0 nitrogen and oxygen atoms in total. The number of alkyl halides is 2. The number of rotatable bonds is 5. The maximum Gasteiger partial charge on any atom is 0.0285 e. The number of aryl methyl sites for hydroxylation is 2. The highest BCUT2D eigenvalue weighted by Gasteiger charge is 2.04. The van der Waals surface area contributed by atoms with E-state index >= 15 is 0 Å². The van der Waals surface area contributed by atoms with Crippen LogP contribution in [0.4, 0.5) is 0 Å². The summed E-state index contributed by atoms with van der Waals surface area (Å²) in [7, 11) is 0. The van der Waals surface area contributed by atoms with Crippen molar-refractivity contribution >= 4 is 31.9 Å². The average Bonchev–Trinajstić information content (AvgIpc) is 2.45. The minimum atomic E-state index is 0.934. The summed E-state index contributed by atoms with van der Waals surface area (Å²) in [6.45, 7) is 0. The van der Waals surface area contributed by atoms with E-state index in [2.05, 4.69) is 80.4 Å². The molecule has 0 unspecified atom stereocenters. The quantitative estimate of drug-likeness (QED) is 0.632. The Morgan fingerprint density at radius 1 is 0.556 bits per heavy atom. The molecule has 0 aliphatic heterocycles. The molecule has 0 aliphatic rings. The summed E-state index contributed by atoms with van der Waals surface area (Å²) in [5.74, 6) is 0. The highest BCUT2D eigenvalue weighted by molar-refractivity contribution is 9.08. The van der Waals surface area contributed by atoms with Crippen LogP contribution in [0.5, 0.6) is 0 Å². The van der Waals surface area contributed by atoms with E-state index in [0.29, 0.717) is 0 Å². The van der Waals surface area contributed by atoms with Crippen molar-refractivity contribution in [3.05, 3.63) is 70.8 Å². The van der Waals surface area contributed by atoms with Gasteiger partial charge >= 0.3 is 0 Å². The third kappa shape index (κ3) is 3.46. The molecule has 2 heteroatoms. The molecule has 0 saturated heterocycles. The van der Waals surface area contributed by atoms with Gasteiger partial charge in [-0.25, -0.2) is 0 Å². The first-order valence-corrected chi connectivity index (χ1v) is 8.35. The molecule has 94 valence electrons. The fraction of sp³-hybridized carbons (Fsp3) is 0.250. The average molecular weight is 368 g/mol. The SMILES string of the molecule is BrCc1ccccc1CCc1ccccc1CBr. The topological polar surface area (TPSA) is 0 Å². The Hall–Kier alpha value is -0.600. The fourth-order valence-electron chi connectivity index (χ4n) is 2.13. The predicted molar refractivity (Wildman–Crippen MR) is 85.6 cm³/mol. The molecular weight excluding hydrogens is 352 g/mol. The summed E-state index contributed by atoms with van der Waals surface area (Å²) in [5, 5.41) is 1.87. The number of hydrogen-bond donors (Lipinski definition) is 0. The maximum atomic E-state index is 3.56. The third-order valence-electron chi connectivity index (χ3n) is 3.19. The molecule has 0 saturated carbocycles. The molecule has 18 heavy (non-hydrogen) atoms. The van der Waals surface area contributed by atoms with E-state index in [9.17, 15) is 0 Å². The number of benzene rings is 2. The lowest BCUT2D eigenvalue weighted by Gasteiger charge is -2.09. The highest BCUT2D eigenvalue weighted by atomic mass is 79.9. The van der Waals surface area contributed by atoms with Crippen LogP contribution in [0.1, 0.15) is 22.3 Å². The first kappa shape index (κ1) is 13.8. The van der Waals surface area contributed by atoms with Crippen molar-refractivity contribution in [2.75, 3.05) is 0 Å². The van der Waals surface area contributed by atoms with Gasteiger partial charge in [-0.05, 0) is 35.1 Å². The molecule has 0 aromatic heterocycles. The minimum absolute atomic E-state index is 0.934. The summed E-state index contributed by atoms with van der Waals surface area (Å²) in [5.41, 5.74) is 5.68. The van der Waals surface area contributed by atoms with E-state index in [0.717, 1.165) is 23.5 Å². The van der Waals surface area contributed by atoms with Crippen LogP contribution in [0.2, 0.25) is 0 Å². The molecule has 0 fully saturated rings. The normalized spacial score (nSPS) is 10.6. The smallest absolute Gasteiger partial charge is 0.0285 e. The van der Waals surface area contributed by atoms with Crippen molar-refractivity contribution < 1.29 is 0 Å². The first-order valence-electron chi connectivity index (χ1n) is 6.10. The van der Waals surface area contributed by atoms with Gasteiger partial charge in [0.25, 0.3) is 0 Å². The van der Waals surface area contributed by atoms with Crippen LogP contribution in [-0.4, -0.2) is 0 Å². The first-order chi connectivity index (χ1) is 8.85. The summed E-state index contributed by atoms with van der Waals surface area (Å²) in [6.07, 6.45) is 2.21. The largest absolute Gasteiger partial charge is 0.0876 e. The lowest BCUT2D eigenvalue weighted by Crippen LogP contribution is -1.98. The van der Waals surface area contributed by atoms with E-state index in [1.165, 1.54) is 22.3 Å². The summed E-state index contributed by atoms with van der Waals surface area (Å²) >= 11 is 7.11. The van der Waals surface area contributed by atoms with Crippen molar-refractivity contribution in [2.24, 2.45) is 0 Å². The lowest BCUT2D eigenvalue weighted by molar-refractivity contribution is 0.936. The second-order valence-electron chi connectivity index (χ2n) is 4.30. The zero-order valence-corrected chi connectivity index (χ0v) is 13.4. The van der Waals surface area contributed by atoms with Gasteiger partial charge in [0.15, 0.2) is 0 Å². The second kappa shape index (κ2) is 7.10. The Labute approximate surface area is 126 Å². The highest BCUT2D eigenvalue weighted by Crippen LogP contribution is 2.18. The van der Waals surface area contributed by atoms with Gasteiger partial charge in [0.05, 0.1) is 0 Å². The van der Waals surface area contributed by atoms with Crippen LogP contribution in [0.3, 0.4) is 0 Å². The van der Waals surface area contributed by atoms with E-state index < -0.39 is 0 Å². The van der Waals surface area contributed by atoms with E-state index in [4.69, 9.17) is 0 Å². The molecule has 0 spiro atoms. The summed E-state index contributed by atoms with van der Waals surface area (Å²) < 4.78 is 0. The van der Waals surface area contributed by atoms with Crippen molar-refractivity contribution in [3.63, 3.8) is 0 Å². The van der Waals surface area contributed by atoms with E-state index in [1.807, 2.05) is 0 Å². The van der Waals surface area contributed by atoms with Gasteiger partial charge in [-0.2, -0.15) is 0 Å². The van der Waals surface area contributed by atoms with Crippen LogP contribution in [0, 0.1) is 0 Å². The molecule has 0 N–H and O–H groups in total. The molecular formula is C16H16Br2. The standard InChI is InChI=1S/C16H16Br2/c17-11-15-7-3-1-5-13(15)9-10-14-6-2-4-8-16(14)12-18/h1-8H,9-12H2. The molecule has 0 heterocycles. The summed E-state index contributed by atoms with van der Waals surface area (Å²) in [6, 6.07) is 17.3. The summed E-state index contributed by atoms with van der Waals surface area (Å²) in [4.78, 5) is 0. The van der Waals surface area contributed by atoms with E-state index in [-0.39, 0.29) is 0 Å². The molecule has 0 bridgehead atoms. The maximum absolute atomic E-state index is 3.56. The molecule has 0 aliphatic carbocycles. The molecule has 0 radical (unpaired) electrons. The molecule has 2 aromatic carbocycles. The van der Waals surface area contributed by atoms with Crippen molar-refractivity contribution in [3.8, 4) is 0 Å². The van der Waals surface area contributed by atoms with Crippen LogP contribution < -0.4 is 0 Å². The third-order valence-corrected chi connectivity index (χ3v) is 4.40. The molecule has 2 aromatic rings. The van der Waals surface area contributed by atoms with Crippen LogP contribution in [-0.2, 0) is 23.5 Å². The Balaban J connectivity index is 2.11. The van der Waals surface area contributed by atoms with Crippen LogP contribution in [0.25, 0.3) is 0 Å². The molecule has 0 atom stereocenters. The Morgan fingerprint density at radius 3 is 1.22 bits per heavy atom. The van der Waals surface area contributed by atoms with Crippen LogP contribution in [0.15, 0.2) is 48.5 Å². The van der Waals surface area contributed by atoms with Crippen molar-refractivity contribution in [2.45, 2.75) is 23.5 Å². The number of hydrogen-bond acceptors (Lipinski definition) is 0. The van der Waals surface area contributed by atoms with Gasteiger partial charge in [0.2, 0.25) is 0 Å².